The zero-order chi connectivity index (χ0) is 17.8. The highest BCUT2D eigenvalue weighted by Crippen LogP contribution is 2.26. The number of imidazole rings is 1. The number of rotatable bonds is 6. The second-order valence-corrected chi connectivity index (χ2v) is 6.73. The Hall–Kier alpha value is -2.87. The van der Waals surface area contributed by atoms with E-state index in [0.29, 0.717) is 5.69 Å². The Morgan fingerprint density at radius 2 is 2.08 bits per heavy atom. The van der Waals surface area contributed by atoms with Crippen molar-refractivity contribution in [1.29, 1.82) is 0 Å². The van der Waals surface area contributed by atoms with E-state index < -0.39 is 10.2 Å². The molecule has 1 atom stereocenters. The summed E-state index contributed by atoms with van der Waals surface area (Å²) in [5, 5.41) is 10.2. The van der Waals surface area contributed by atoms with Crippen LogP contribution in [0.15, 0.2) is 59.8 Å². The fourth-order valence-corrected chi connectivity index (χ4v) is 3.08. The minimum absolute atomic E-state index is 0.0198. The third-order valence-electron chi connectivity index (χ3n) is 3.47. The number of benzene rings is 1. The van der Waals surface area contributed by atoms with E-state index in [1.165, 1.54) is 23.9 Å². The van der Waals surface area contributed by atoms with Crippen molar-refractivity contribution >= 4 is 29.1 Å². The maximum atomic E-state index is 12.1. The van der Waals surface area contributed by atoms with E-state index in [2.05, 4.69) is 4.98 Å². The van der Waals surface area contributed by atoms with Crippen molar-refractivity contribution in [3.05, 3.63) is 70.7 Å². The van der Waals surface area contributed by atoms with Crippen LogP contribution < -0.4 is 0 Å². The van der Waals surface area contributed by atoms with E-state index in [1.807, 2.05) is 35.0 Å². The molecule has 7 nitrogen and oxygen atoms in total. The second-order valence-electron chi connectivity index (χ2n) is 5.32. The van der Waals surface area contributed by atoms with Crippen LogP contribution >= 0.6 is 11.8 Å². The molecule has 2 heterocycles. The minimum Gasteiger partial charge on any atom is -0.458 e. The number of hydrogen-bond donors (Lipinski definition) is 0. The molecule has 1 aromatic carbocycles. The zero-order valence-electron chi connectivity index (χ0n) is 13.4. The van der Waals surface area contributed by atoms with E-state index >= 15 is 0 Å². The molecule has 128 valence electrons. The molecular weight excluding hydrogens is 342 g/mol. The van der Waals surface area contributed by atoms with Gasteiger partial charge in [-0.2, -0.15) is 0 Å². The summed E-state index contributed by atoms with van der Waals surface area (Å²) in [5.74, 6) is -0.361. The fraction of sp³-hybridized carbons (Fsp3) is 0.176. The minimum atomic E-state index is -0.457. The number of pyridine rings is 1. The standard InChI is InChI=1S/C17H15N3O4S/c1-12(25-15-7-5-14(6-8-15)20(22)23)17(21)24-11-13-10-19-9-3-2-4-16(19)18-13/h2-10,12H,11H2,1H3. The molecule has 0 N–H and O–H groups in total. The summed E-state index contributed by atoms with van der Waals surface area (Å²) in [5.41, 5.74) is 1.49. The summed E-state index contributed by atoms with van der Waals surface area (Å²) in [4.78, 5) is 27.4. The third kappa shape index (κ3) is 4.16. The number of nitro benzene ring substituents is 1. The van der Waals surface area contributed by atoms with Crippen molar-refractivity contribution < 1.29 is 14.5 Å². The number of esters is 1. The summed E-state index contributed by atoms with van der Waals surface area (Å²) in [6.45, 7) is 1.84. The van der Waals surface area contributed by atoms with E-state index in [0.717, 1.165) is 10.5 Å². The van der Waals surface area contributed by atoms with Gasteiger partial charge in [0.15, 0.2) is 0 Å². The highest BCUT2D eigenvalue weighted by Gasteiger charge is 2.17. The second kappa shape index (κ2) is 7.35. The molecule has 0 spiro atoms. The van der Waals surface area contributed by atoms with Crippen molar-refractivity contribution in [2.75, 3.05) is 0 Å². The maximum Gasteiger partial charge on any atom is 0.319 e. The first-order chi connectivity index (χ1) is 12.0. The van der Waals surface area contributed by atoms with Gasteiger partial charge in [0.1, 0.15) is 17.5 Å². The molecule has 0 amide bonds. The number of carbonyl (C=O) groups is 1. The zero-order valence-corrected chi connectivity index (χ0v) is 14.2. The summed E-state index contributed by atoms with van der Waals surface area (Å²) < 4.78 is 7.17. The van der Waals surface area contributed by atoms with Gasteiger partial charge >= 0.3 is 5.97 Å². The Morgan fingerprint density at radius 3 is 2.76 bits per heavy atom. The van der Waals surface area contributed by atoms with Gasteiger partial charge in [0.25, 0.3) is 5.69 Å². The van der Waals surface area contributed by atoms with Crippen molar-refractivity contribution in [3.63, 3.8) is 0 Å². The van der Waals surface area contributed by atoms with Crippen LogP contribution in [0, 0.1) is 10.1 Å². The lowest BCUT2D eigenvalue weighted by molar-refractivity contribution is -0.384. The lowest BCUT2D eigenvalue weighted by Gasteiger charge is -2.10. The van der Waals surface area contributed by atoms with Gasteiger partial charge < -0.3 is 9.14 Å². The third-order valence-corrected chi connectivity index (χ3v) is 4.56. The largest absolute Gasteiger partial charge is 0.458 e. The van der Waals surface area contributed by atoms with Gasteiger partial charge in [0.05, 0.1) is 10.6 Å². The number of carbonyl (C=O) groups excluding carboxylic acids is 1. The van der Waals surface area contributed by atoms with Gasteiger partial charge in [-0.25, -0.2) is 4.98 Å². The van der Waals surface area contributed by atoms with Crippen LogP contribution in [0.1, 0.15) is 12.6 Å². The molecule has 0 radical (unpaired) electrons. The highest BCUT2D eigenvalue weighted by atomic mass is 32.2. The summed E-state index contributed by atoms with van der Waals surface area (Å²) in [7, 11) is 0. The van der Waals surface area contributed by atoms with Crippen molar-refractivity contribution in [3.8, 4) is 0 Å². The number of thioether (sulfide) groups is 1. The van der Waals surface area contributed by atoms with Crippen molar-refractivity contribution in [1.82, 2.24) is 9.38 Å². The smallest absolute Gasteiger partial charge is 0.319 e. The maximum absolute atomic E-state index is 12.1. The molecule has 1 unspecified atom stereocenters. The summed E-state index contributed by atoms with van der Waals surface area (Å²) in [6.07, 6.45) is 3.69. The molecule has 0 saturated heterocycles. The topological polar surface area (TPSA) is 86.7 Å². The Morgan fingerprint density at radius 1 is 1.32 bits per heavy atom. The number of non-ortho nitro benzene ring substituents is 1. The lowest BCUT2D eigenvalue weighted by atomic mass is 10.3. The van der Waals surface area contributed by atoms with Crippen LogP contribution in [0.2, 0.25) is 0 Å². The van der Waals surface area contributed by atoms with Gasteiger partial charge in [-0.1, -0.05) is 6.07 Å². The molecule has 0 fully saturated rings. The van der Waals surface area contributed by atoms with Crippen LogP contribution in [-0.2, 0) is 16.1 Å². The van der Waals surface area contributed by atoms with Crippen LogP contribution in [0.5, 0.6) is 0 Å². The van der Waals surface area contributed by atoms with Gasteiger partial charge in [-0.05, 0) is 31.2 Å². The van der Waals surface area contributed by atoms with Crippen LogP contribution in [-0.4, -0.2) is 25.5 Å². The first kappa shape index (κ1) is 17.0. The number of hydrogen-bond acceptors (Lipinski definition) is 6. The predicted molar refractivity (Wildman–Crippen MR) is 93.4 cm³/mol. The van der Waals surface area contributed by atoms with E-state index in [9.17, 15) is 14.9 Å². The van der Waals surface area contributed by atoms with E-state index in [4.69, 9.17) is 4.74 Å². The Bertz CT molecular complexity index is 875. The van der Waals surface area contributed by atoms with Gasteiger partial charge in [-0.15, -0.1) is 11.8 Å². The Balaban J connectivity index is 1.56. The number of ether oxygens (including phenoxy) is 1. The molecule has 2 aromatic heterocycles. The highest BCUT2D eigenvalue weighted by molar-refractivity contribution is 8.00. The molecule has 0 saturated carbocycles. The van der Waals surface area contributed by atoms with Crippen molar-refractivity contribution in [2.45, 2.75) is 23.7 Å². The molecule has 3 rings (SSSR count). The molecular formula is C17H15N3O4S. The Labute approximate surface area is 147 Å². The molecule has 0 bridgehead atoms. The number of fused-ring (bicyclic) bond motifs is 1. The summed E-state index contributed by atoms with van der Waals surface area (Å²) >= 11 is 1.29. The van der Waals surface area contributed by atoms with Crippen LogP contribution in [0.4, 0.5) is 5.69 Å². The number of nitro groups is 1. The van der Waals surface area contributed by atoms with Gasteiger partial charge in [0, 0.05) is 29.4 Å². The first-order valence-corrected chi connectivity index (χ1v) is 8.41. The average Bonchev–Trinajstić information content (AvgIpc) is 3.03. The molecule has 3 aromatic rings. The predicted octanol–water partition coefficient (Wildman–Crippen LogP) is 3.47. The molecule has 0 aliphatic heterocycles. The number of nitrogens with zero attached hydrogens (tertiary/aromatic N) is 3. The number of aromatic nitrogens is 2. The van der Waals surface area contributed by atoms with Gasteiger partial charge in [0.2, 0.25) is 0 Å². The van der Waals surface area contributed by atoms with Crippen LogP contribution in [0.25, 0.3) is 5.65 Å². The average molecular weight is 357 g/mol. The lowest BCUT2D eigenvalue weighted by Crippen LogP contribution is -2.16. The molecule has 8 heteroatoms. The fourth-order valence-electron chi connectivity index (χ4n) is 2.22. The Kier molecular flexibility index (Phi) is 4.99. The van der Waals surface area contributed by atoms with E-state index in [1.54, 1.807) is 19.1 Å². The monoisotopic (exact) mass is 357 g/mol. The van der Waals surface area contributed by atoms with Crippen LogP contribution in [0.3, 0.4) is 0 Å². The first-order valence-electron chi connectivity index (χ1n) is 7.53. The van der Waals surface area contributed by atoms with Gasteiger partial charge in [-0.3, -0.25) is 14.9 Å². The van der Waals surface area contributed by atoms with Crippen molar-refractivity contribution in [2.24, 2.45) is 0 Å². The molecule has 0 aliphatic rings. The summed E-state index contributed by atoms with van der Waals surface area (Å²) in [6, 6.07) is 11.7. The molecule has 25 heavy (non-hydrogen) atoms. The van der Waals surface area contributed by atoms with E-state index in [-0.39, 0.29) is 18.3 Å². The molecule has 0 aliphatic carbocycles. The normalized spacial score (nSPS) is 12.0. The SMILES string of the molecule is CC(Sc1ccc([N+](=O)[O-])cc1)C(=O)OCc1cn2ccccc2n1. The quantitative estimate of drug-likeness (QED) is 0.291.